The number of halogens is 3. The molecule has 30 heavy (non-hydrogen) atoms. The van der Waals surface area contributed by atoms with Crippen LogP contribution < -0.4 is 10.9 Å². The molecule has 0 bridgehead atoms. The van der Waals surface area contributed by atoms with Crippen molar-refractivity contribution in [3.05, 3.63) is 74.6 Å². The van der Waals surface area contributed by atoms with E-state index >= 15 is 8.78 Å². The van der Waals surface area contributed by atoms with Crippen LogP contribution in [0.3, 0.4) is 0 Å². The first kappa shape index (κ1) is 19.6. The number of nitrogens with one attached hydrogen (secondary N) is 2. The van der Waals surface area contributed by atoms with Crippen LogP contribution in [0.25, 0.3) is 10.9 Å². The summed E-state index contributed by atoms with van der Waals surface area (Å²) in [4.78, 5) is 31.2. The molecule has 2 heterocycles. The van der Waals surface area contributed by atoms with E-state index < -0.39 is 34.8 Å². The molecule has 0 unspecified atom stereocenters. The maximum Gasteiger partial charge on any atom is 0.355 e. The van der Waals surface area contributed by atoms with Gasteiger partial charge in [-0.3, -0.25) is 14.6 Å². The Bertz CT molecular complexity index is 1290. The van der Waals surface area contributed by atoms with Crippen molar-refractivity contribution >= 4 is 16.8 Å². The van der Waals surface area contributed by atoms with Gasteiger partial charge in [0.05, 0.1) is 22.9 Å². The van der Waals surface area contributed by atoms with Crippen molar-refractivity contribution in [1.82, 2.24) is 15.3 Å². The smallest absolute Gasteiger partial charge is 0.342 e. The topological polar surface area (TPSA) is 98.6 Å². The van der Waals surface area contributed by atoms with Crippen LogP contribution in [-0.2, 0) is 17.1 Å². The molecule has 9 heteroatoms. The van der Waals surface area contributed by atoms with E-state index in [4.69, 9.17) is 5.26 Å². The van der Waals surface area contributed by atoms with Crippen molar-refractivity contribution in [2.24, 2.45) is 0 Å². The third-order valence-corrected chi connectivity index (χ3v) is 5.30. The molecule has 0 fully saturated rings. The number of pyridine rings is 2. The fraction of sp³-hybridized carbons (Fsp3) is 0.238. The molecule has 3 aromatic rings. The summed E-state index contributed by atoms with van der Waals surface area (Å²) < 4.78 is 43.7. The minimum absolute atomic E-state index is 0.0917. The van der Waals surface area contributed by atoms with Crippen LogP contribution in [0, 0.1) is 24.1 Å². The average molecular weight is 412 g/mol. The molecule has 1 aromatic carbocycles. The first-order chi connectivity index (χ1) is 14.2. The van der Waals surface area contributed by atoms with Gasteiger partial charge in [-0.05, 0) is 55.2 Å². The highest BCUT2D eigenvalue weighted by Crippen LogP contribution is 2.34. The van der Waals surface area contributed by atoms with Crippen LogP contribution in [0.2, 0.25) is 0 Å². The monoisotopic (exact) mass is 412 g/mol. The standard InChI is InChI=1S/C21H15F3N4O2/c1-10-14-7-13(22)3-5-15(14)27-19(29)17(10)21(23,24)20(30)28-16-4-2-12-6-11(8-25)9-26-18(12)16/h3,5-7,9,16H,2,4H2,1H3,(H,27,29)(H,28,30)/t16-/m0/s1. The summed E-state index contributed by atoms with van der Waals surface area (Å²) in [6.45, 7) is 1.25. The lowest BCUT2D eigenvalue weighted by molar-refractivity contribution is -0.148. The van der Waals surface area contributed by atoms with Crippen LogP contribution in [0.15, 0.2) is 35.3 Å². The highest BCUT2D eigenvalue weighted by molar-refractivity contribution is 5.89. The number of fused-ring (bicyclic) bond motifs is 2. The molecule has 2 aromatic heterocycles. The molecule has 152 valence electrons. The van der Waals surface area contributed by atoms with Crippen molar-refractivity contribution in [2.75, 3.05) is 0 Å². The van der Waals surface area contributed by atoms with Crippen molar-refractivity contribution in [2.45, 2.75) is 31.7 Å². The third kappa shape index (κ3) is 3.10. The van der Waals surface area contributed by atoms with Crippen molar-refractivity contribution in [3.63, 3.8) is 0 Å². The van der Waals surface area contributed by atoms with Crippen molar-refractivity contribution in [1.29, 1.82) is 5.26 Å². The first-order valence-electron chi connectivity index (χ1n) is 9.12. The summed E-state index contributed by atoms with van der Waals surface area (Å²) in [5.41, 5.74) is -0.642. The quantitative estimate of drug-likeness (QED) is 0.691. The number of benzene rings is 1. The number of aromatic amines is 1. The number of carbonyl (C=O) groups excluding carboxylic acids is 1. The van der Waals surface area contributed by atoms with E-state index in [1.807, 2.05) is 6.07 Å². The van der Waals surface area contributed by atoms with Crippen LogP contribution in [0.5, 0.6) is 0 Å². The van der Waals surface area contributed by atoms with E-state index in [1.165, 1.54) is 19.2 Å². The zero-order valence-electron chi connectivity index (χ0n) is 15.7. The zero-order valence-corrected chi connectivity index (χ0v) is 15.7. The predicted octanol–water partition coefficient (Wildman–Crippen LogP) is 3.14. The molecule has 6 nitrogen and oxygen atoms in total. The fourth-order valence-corrected chi connectivity index (χ4v) is 3.84. The molecule has 0 radical (unpaired) electrons. The Hall–Kier alpha value is -3.67. The largest absolute Gasteiger partial charge is 0.355 e. The Labute approximate surface area is 168 Å². The Kier molecular flexibility index (Phi) is 4.57. The highest BCUT2D eigenvalue weighted by Gasteiger charge is 2.46. The number of H-pyrrole nitrogens is 1. The van der Waals surface area contributed by atoms with E-state index in [0.29, 0.717) is 29.7 Å². The molecular formula is C21H15F3N4O2. The van der Waals surface area contributed by atoms with E-state index in [9.17, 15) is 14.0 Å². The lowest BCUT2D eigenvalue weighted by atomic mass is 9.99. The van der Waals surface area contributed by atoms with Crippen LogP contribution >= 0.6 is 0 Å². The number of rotatable bonds is 3. The van der Waals surface area contributed by atoms with Gasteiger partial charge in [0.1, 0.15) is 11.9 Å². The number of nitriles is 1. The second-order valence-electron chi connectivity index (χ2n) is 7.16. The van der Waals surface area contributed by atoms with Gasteiger partial charge in [0.15, 0.2) is 0 Å². The minimum Gasteiger partial charge on any atom is -0.342 e. The number of hydrogen-bond donors (Lipinski definition) is 2. The van der Waals surface area contributed by atoms with Crippen molar-refractivity contribution in [3.8, 4) is 6.07 Å². The maximum absolute atomic E-state index is 15.1. The summed E-state index contributed by atoms with van der Waals surface area (Å²) in [7, 11) is 0. The molecular weight excluding hydrogens is 397 g/mol. The van der Waals surface area contributed by atoms with Gasteiger partial charge in [-0.1, -0.05) is 0 Å². The SMILES string of the molecule is Cc1c(C(F)(F)C(=O)N[C@H]2CCc3cc(C#N)cnc32)c(=O)[nH]c2ccc(F)cc12. The summed E-state index contributed by atoms with van der Waals surface area (Å²) >= 11 is 0. The predicted molar refractivity (Wildman–Crippen MR) is 101 cm³/mol. The minimum atomic E-state index is -4.15. The molecule has 1 atom stereocenters. The van der Waals surface area contributed by atoms with Gasteiger partial charge in [-0.15, -0.1) is 0 Å². The summed E-state index contributed by atoms with van der Waals surface area (Å²) in [5.74, 6) is -6.44. The molecule has 0 aliphatic heterocycles. The first-order valence-corrected chi connectivity index (χ1v) is 9.12. The molecule has 0 spiro atoms. The highest BCUT2D eigenvalue weighted by atomic mass is 19.3. The number of aromatic nitrogens is 2. The molecule has 1 amide bonds. The van der Waals surface area contributed by atoms with Gasteiger partial charge >= 0.3 is 5.92 Å². The average Bonchev–Trinajstić information content (AvgIpc) is 3.10. The van der Waals surface area contributed by atoms with Gasteiger partial charge in [0.2, 0.25) is 0 Å². The normalized spacial score (nSPS) is 15.6. The molecule has 2 N–H and O–H groups in total. The van der Waals surface area contributed by atoms with Crippen LogP contribution in [-0.4, -0.2) is 15.9 Å². The van der Waals surface area contributed by atoms with E-state index in [0.717, 1.165) is 12.1 Å². The van der Waals surface area contributed by atoms with Crippen LogP contribution in [0.1, 0.15) is 40.4 Å². The molecule has 4 rings (SSSR count). The molecule has 1 aliphatic carbocycles. The maximum atomic E-state index is 15.1. The Morgan fingerprint density at radius 3 is 2.87 bits per heavy atom. The zero-order chi connectivity index (χ0) is 21.6. The summed E-state index contributed by atoms with van der Waals surface area (Å²) in [6.07, 6.45) is 2.13. The van der Waals surface area contributed by atoms with Gasteiger partial charge < -0.3 is 10.3 Å². The van der Waals surface area contributed by atoms with E-state index in [-0.39, 0.29) is 16.5 Å². The number of nitrogens with zero attached hydrogens (tertiary/aromatic N) is 2. The Balaban J connectivity index is 1.69. The number of hydrogen-bond acceptors (Lipinski definition) is 4. The lowest BCUT2D eigenvalue weighted by Gasteiger charge is -2.21. The van der Waals surface area contributed by atoms with E-state index in [2.05, 4.69) is 15.3 Å². The molecule has 0 saturated carbocycles. The molecule has 0 saturated heterocycles. The van der Waals surface area contributed by atoms with Gasteiger partial charge in [0.25, 0.3) is 11.5 Å². The second kappa shape index (κ2) is 6.99. The van der Waals surface area contributed by atoms with Gasteiger partial charge in [0, 0.05) is 17.1 Å². The molecule has 1 aliphatic rings. The fourth-order valence-electron chi connectivity index (χ4n) is 3.84. The van der Waals surface area contributed by atoms with Gasteiger partial charge in [-0.25, -0.2) is 4.39 Å². The third-order valence-electron chi connectivity index (χ3n) is 5.30. The number of alkyl halides is 2. The Morgan fingerprint density at radius 1 is 1.37 bits per heavy atom. The van der Waals surface area contributed by atoms with Gasteiger partial charge in [-0.2, -0.15) is 14.0 Å². The summed E-state index contributed by atoms with van der Waals surface area (Å²) in [5, 5.41) is 11.3. The number of carbonyl (C=O) groups is 1. The van der Waals surface area contributed by atoms with E-state index in [1.54, 1.807) is 6.07 Å². The lowest BCUT2D eigenvalue weighted by Crippen LogP contribution is -2.43. The number of aryl methyl sites for hydroxylation is 2. The van der Waals surface area contributed by atoms with Crippen LogP contribution in [0.4, 0.5) is 13.2 Å². The van der Waals surface area contributed by atoms with Crippen molar-refractivity contribution < 1.29 is 18.0 Å². The summed E-state index contributed by atoms with van der Waals surface area (Å²) in [6, 6.07) is 6.21. The Morgan fingerprint density at radius 2 is 2.13 bits per heavy atom. The number of amides is 1. The second-order valence-corrected chi connectivity index (χ2v) is 7.16.